The van der Waals surface area contributed by atoms with Gasteiger partial charge in [-0.3, -0.25) is 0 Å². The lowest BCUT2D eigenvalue weighted by Gasteiger charge is -2.11. The number of methoxy groups -OCH3 is 1. The number of ether oxygens (including phenoxy) is 1. The van der Waals surface area contributed by atoms with Crippen molar-refractivity contribution in [1.29, 1.82) is 5.26 Å². The largest absolute Gasteiger partial charge is 0.496 e. The SMILES string of the molecule is CCc1cc(-c2cc(C#N)ccc2OC)ccc1N. The molecular weight excluding hydrogens is 236 g/mol. The summed E-state index contributed by atoms with van der Waals surface area (Å²) in [6, 6.07) is 13.4. The third-order valence-corrected chi connectivity index (χ3v) is 3.16. The maximum Gasteiger partial charge on any atom is 0.126 e. The van der Waals surface area contributed by atoms with Crippen LogP contribution in [0.3, 0.4) is 0 Å². The number of hydrogen-bond acceptors (Lipinski definition) is 3. The highest BCUT2D eigenvalue weighted by atomic mass is 16.5. The van der Waals surface area contributed by atoms with Crippen molar-refractivity contribution in [2.24, 2.45) is 0 Å². The molecule has 2 aromatic carbocycles. The van der Waals surface area contributed by atoms with Crippen LogP contribution in [0.2, 0.25) is 0 Å². The van der Waals surface area contributed by atoms with Crippen LogP contribution >= 0.6 is 0 Å². The van der Waals surface area contributed by atoms with Gasteiger partial charge < -0.3 is 10.5 Å². The van der Waals surface area contributed by atoms with Crippen LogP contribution in [-0.2, 0) is 6.42 Å². The molecule has 0 unspecified atom stereocenters. The molecule has 0 fully saturated rings. The van der Waals surface area contributed by atoms with Gasteiger partial charge in [0.25, 0.3) is 0 Å². The number of hydrogen-bond donors (Lipinski definition) is 1. The second kappa shape index (κ2) is 5.45. The van der Waals surface area contributed by atoms with Gasteiger partial charge in [-0.15, -0.1) is 0 Å². The first-order valence-corrected chi connectivity index (χ1v) is 6.16. The summed E-state index contributed by atoms with van der Waals surface area (Å²) < 4.78 is 5.36. The Labute approximate surface area is 113 Å². The highest BCUT2D eigenvalue weighted by Gasteiger charge is 2.08. The van der Waals surface area contributed by atoms with Crippen molar-refractivity contribution in [3.05, 3.63) is 47.5 Å². The zero-order valence-corrected chi connectivity index (χ0v) is 11.1. The second-order valence-electron chi connectivity index (χ2n) is 4.29. The molecule has 0 saturated carbocycles. The molecule has 3 heteroatoms. The summed E-state index contributed by atoms with van der Waals surface area (Å²) in [5, 5.41) is 9.01. The zero-order valence-electron chi connectivity index (χ0n) is 11.1. The third-order valence-electron chi connectivity index (χ3n) is 3.16. The predicted octanol–water partition coefficient (Wildman–Crippen LogP) is 3.38. The summed E-state index contributed by atoms with van der Waals surface area (Å²) in [6.07, 6.45) is 0.875. The standard InChI is InChI=1S/C16H16N2O/c1-3-12-9-13(5-6-15(12)18)14-8-11(10-17)4-7-16(14)19-2/h4-9H,3,18H2,1-2H3. The van der Waals surface area contributed by atoms with Crippen LogP contribution in [0.4, 0.5) is 5.69 Å². The molecule has 0 saturated heterocycles. The zero-order chi connectivity index (χ0) is 13.8. The Morgan fingerprint density at radius 3 is 2.63 bits per heavy atom. The molecule has 3 nitrogen and oxygen atoms in total. The van der Waals surface area contributed by atoms with E-state index >= 15 is 0 Å². The molecule has 0 radical (unpaired) electrons. The number of nitrogens with zero attached hydrogens (tertiary/aromatic N) is 1. The van der Waals surface area contributed by atoms with Gasteiger partial charge in [0, 0.05) is 11.3 Å². The van der Waals surface area contributed by atoms with Crippen molar-refractivity contribution in [3.8, 4) is 22.9 Å². The summed E-state index contributed by atoms with van der Waals surface area (Å²) >= 11 is 0. The van der Waals surface area contributed by atoms with Crippen LogP contribution in [0.5, 0.6) is 5.75 Å². The van der Waals surface area contributed by atoms with Crippen molar-refractivity contribution >= 4 is 5.69 Å². The van der Waals surface area contributed by atoms with E-state index in [-0.39, 0.29) is 0 Å². The Bertz CT molecular complexity index is 642. The van der Waals surface area contributed by atoms with Crippen molar-refractivity contribution < 1.29 is 4.74 Å². The fourth-order valence-corrected chi connectivity index (χ4v) is 2.08. The van der Waals surface area contributed by atoms with Crippen molar-refractivity contribution in [2.75, 3.05) is 12.8 Å². The van der Waals surface area contributed by atoms with E-state index in [9.17, 15) is 0 Å². The number of nitrogen functional groups attached to an aromatic ring is 1. The van der Waals surface area contributed by atoms with E-state index in [1.807, 2.05) is 30.3 Å². The summed E-state index contributed by atoms with van der Waals surface area (Å²) in [4.78, 5) is 0. The maximum atomic E-state index is 9.01. The summed E-state index contributed by atoms with van der Waals surface area (Å²) in [5.41, 5.74) is 10.4. The average Bonchev–Trinajstić information content (AvgIpc) is 2.47. The normalized spacial score (nSPS) is 9.95. The van der Waals surface area contributed by atoms with Crippen LogP contribution in [0.25, 0.3) is 11.1 Å². The minimum Gasteiger partial charge on any atom is -0.496 e. The molecule has 2 N–H and O–H groups in total. The van der Waals surface area contributed by atoms with Gasteiger partial charge >= 0.3 is 0 Å². The van der Waals surface area contributed by atoms with Gasteiger partial charge in [-0.1, -0.05) is 13.0 Å². The smallest absolute Gasteiger partial charge is 0.126 e. The monoisotopic (exact) mass is 252 g/mol. The average molecular weight is 252 g/mol. The molecule has 0 aliphatic heterocycles. The highest BCUT2D eigenvalue weighted by Crippen LogP contribution is 2.32. The molecule has 0 aliphatic carbocycles. The minimum atomic E-state index is 0.616. The van der Waals surface area contributed by atoms with Gasteiger partial charge in [-0.25, -0.2) is 0 Å². The van der Waals surface area contributed by atoms with E-state index in [2.05, 4.69) is 13.0 Å². The summed E-state index contributed by atoms with van der Waals surface area (Å²) in [6.45, 7) is 2.07. The van der Waals surface area contributed by atoms with E-state index in [1.54, 1.807) is 13.2 Å². The Balaban J connectivity index is 2.60. The molecule has 0 heterocycles. The molecule has 0 amide bonds. The quantitative estimate of drug-likeness (QED) is 0.852. The first-order valence-electron chi connectivity index (χ1n) is 6.16. The van der Waals surface area contributed by atoms with Crippen molar-refractivity contribution in [2.45, 2.75) is 13.3 Å². The number of rotatable bonds is 3. The first kappa shape index (κ1) is 13.0. The number of nitriles is 1. The minimum absolute atomic E-state index is 0.616. The summed E-state index contributed by atoms with van der Waals surface area (Å²) in [7, 11) is 1.63. The van der Waals surface area contributed by atoms with Gasteiger partial charge in [0.05, 0.1) is 18.7 Å². The van der Waals surface area contributed by atoms with Gasteiger partial charge in [-0.2, -0.15) is 5.26 Å². The number of benzene rings is 2. The Hall–Kier alpha value is -2.47. The van der Waals surface area contributed by atoms with Crippen LogP contribution in [0, 0.1) is 11.3 Å². The molecule has 0 atom stereocenters. The van der Waals surface area contributed by atoms with Gasteiger partial charge in [0.2, 0.25) is 0 Å². The summed E-state index contributed by atoms with van der Waals surface area (Å²) in [5.74, 6) is 0.755. The molecule has 0 aromatic heterocycles. The molecule has 19 heavy (non-hydrogen) atoms. The fraction of sp³-hybridized carbons (Fsp3) is 0.188. The third kappa shape index (κ3) is 2.53. The topological polar surface area (TPSA) is 59.0 Å². The fourth-order valence-electron chi connectivity index (χ4n) is 2.08. The Morgan fingerprint density at radius 2 is 2.00 bits per heavy atom. The van der Waals surface area contributed by atoms with Gasteiger partial charge in [-0.05, 0) is 47.9 Å². The van der Waals surface area contributed by atoms with Crippen LogP contribution in [-0.4, -0.2) is 7.11 Å². The van der Waals surface area contributed by atoms with Crippen molar-refractivity contribution in [1.82, 2.24) is 0 Å². The van der Waals surface area contributed by atoms with Gasteiger partial charge in [0.15, 0.2) is 0 Å². The van der Waals surface area contributed by atoms with E-state index < -0.39 is 0 Å². The molecule has 0 bridgehead atoms. The lowest BCUT2D eigenvalue weighted by atomic mass is 9.98. The number of nitrogens with two attached hydrogens (primary N) is 1. The lowest BCUT2D eigenvalue weighted by Crippen LogP contribution is -1.94. The lowest BCUT2D eigenvalue weighted by molar-refractivity contribution is 0.416. The van der Waals surface area contributed by atoms with Gasteiger partial charge in [0.1, 0.15) is 5.75 Å². The number of anilines is 1. The molecule has 96 valence electrons. The van der Waals surface area contributed by atoms with E-state index in [1.165, 1.54) is 0 Å². The molecule has 2 aromatic rings. The van der Waals surface area contributed by atoms with Crippen LogP contribution in [0.1, 0.15) is 18.1 Å². The second-order valence-corrected chi connectivity index (χ2v) is 4.29. The predicted molar refractivity (Wildman–Crippen MR) is 76.9 cm³/mol. The van der Waals surface area contributed by atoms with E-state index in [4.69, 9.17) is 15.7 Å². The van der Waals surface area contributed by atoms with E-state index in [0.717, 1.165) is 34.5 Å². The molecule has 2 rings (SSSR count). The van der Waals surface area contributed by atoms with Crippen LogP contribution < -0.4 is 10.5 Å². The molecular formula is C16H16N2O. The number of aryl methyl sites for hydroxylation is 1. The maximum absolute atomic E-state index is 9.01. The van der Waals surface area contributed by atoms with Crippen LogP contribution in [0.15, 0.2) is 36.4 Å². The molecule has 0 spiro atoms. The van der Waals surface area contributed by atoms with Crippen molar-refractivity contribution in [3.63, 3.8) is 0 Å². The first-order chi connectivity index (χ1) is 9.19. The Kier molecular flexibility index (Phi) is 3.72. The van der Waals surface area contributed by atoms with E-state index in [0.29, 0.717) is 5.56 Å². The Morgan fingerprint density at radius 1 is 1.21 bits per heavy atom. The molecule has 0 aliphatic rings. The highest BCUT2D eigenvalue weighted by molar-refractivity contribution is 5.74.